The summed E-state index contributed by atoms with van der Waals surface area (Å²) < 4.78 is 10.3. The van der Waals surface area contributed by atoms with Crippen molar-refractivity contribution in [1.29, 1.82) is 0 Å². The molecular weight excluding hydrogens is 234 g/mol. The molecule has 0 spiro atoms. The van der Waals surface area contributed by atoms with Gasteiger partial charge < -0.3 is 14.6 Å². The molecule has 0 saturated carbocycles. The van der Waals surface area contributed by atoms with Crippen LogP contribution in [0.25, 0.3) is 0 Å². The van der Waals surface area contributed by atoms with Gasteiger partial charge in [-0.2, -0.15) is 0 Å². The molecule has 1 saturated heterocycles. The van der Waals surface area contributed by atoms with Crippen LogP contribution in [-0.4, -0.2) is 48.3 Å². The lowest BCUT2D eigenvalue weighted by atomic mass is 10.2. The molecule has 18 heavy (non-hydrogen) atoms. The molecule has 1 aromatic heterocycles. The molecule has 1 amide bonds. The zero-order valence-corrected chi connectivity index (χ0v) is 10.8. The maximum absolute atomic E-state index is 11.7. The van der Waals surface area contributed by atoms with Gasteiger partial charge in [-0.25, -0.2) is 0 Å². The molecule has 1 unspecified atom stereocenters. The highest BCUT2D eigenvalue weighted by molar-refractivity contribution is 5.89. The summed E-state index contributed by atoms with van der Waals surface area (Å²) in [5.74, 6) is 1.13. The minimum absolute atomic E-state index is 0.0394. The Morgan fingerprint density at radius 3 is 3.17 bits per heavy atom. The van der Waals surface area contributed by atoms with Gasteiger partial charge in [0.25, 0.3) is 0 Å². The van der Waals surface area contributed by atoms with Gasteiger partial charge in [-0.15, -0.1) is 0 Å². The third-order valence-electron chi connectivity index (χ3n) is 2.88. The number of rotatable bonds is 4. The van der Waals surface area contributed by atoms with E-state index in [0.29, 0.717) is 18.0 Å². The summed E-state index contributed by atoms with van der Waals surface area (Å²) in [7, 11) is 0. The molecule has 0 aromatic carbocycles. The molecule has 1 aromatic rings. The van der Waals surface area contributed by atoms with Gasteiger partial charge in [0.05, 0.1) is 12.7 Å². The Bertz CT molecular complexity index is 405. The molecule has 6 heteroatoms. The molecule has 0 bridgehead atoms. The van der Waals surface area contributed by atoms with E-state index in [2.05, 4.69) is 15.4 Å². The van der Waals surface area contributed by atoms with Crippen molar-refractivity contribution in [3.8, 4) is 0 Å². The summed E-state index contributed by atoms with van der Waals surface area (Å²) in [5, 5.41) is 6.43. The molecular formula is C12H19N3O3. The first kappa shape index (κ1) is 13.0. The topological polar surface area (TPSA) is 67.6 Å². The molecule has 100 valence electrons. The molecule has 1 aliphatic heterocycles. The molecule has 1 fully saturated rings. The number of nitrogens with zero attached hydrogens (tertiary/aromatic N) is 2. The number of carbonyl (C=O) groups excluding carboxylic acids is 1. The lowest BCUT2D eigenvalue weighted by molar-refractivity contribution is -0.117. The maximum Gasteiger partial charge on any atom is 0.226 e. The Kier molecular flexibility index (Phi) is 4.33. The first-order chi connectivity index (χ1) is 8.63. The standard InChI is InChI=1S/C12H19N3O3/c1-9-7-11(14-18-9)13-12(16)3-4-15-5-6-17-10(2)8-15/h7,10H,3-6,8H2,1-2H3,(H,13,14,16). The van der Waals surface area contributed by atoms with Gasteiger partial charge in [0.1, 0.15) is 5.76 Å². The van der Waals surface area contributed by atoms with Crippen LogP contribution in [0.15, 0.2) is 10.6 Å². The van der Waals surface area contributed by atoms with Crippen LogP contribution in [0.3, 0.4) is 0 Å². The molecule has 1 aliphatic rings. The number of anilines is 1. The first-order valence-corrected chi connectivity index (χ1v) is 6.20. The van der Waals surface area contributed by atoms with E-state index in [0.717, 1.165) is 26.2 Å². The smallest absolute Gasteiger partial charge is 0.226 e. The van der Waals surface area contributed by atoms with Crippen molar-refractivity contribution < 1.29 is 14.1 Å². The fourth-order valence-corrected chi connectivity index (χ4v) is 1.98. The summed E-state index contributed by atoms with van der Waals surface area (Å²) >= 11 is 0. The Hall–Kier alpha value is -1.40. The van der Waals surface area contributed by atoms with Crippen molar-refractivity contribution in [2.24, 2.45) is 0 Å². The predicted octanol–water partition coefficient (Wildman–Crippen LogP) is 1.03. The van der Waals surface area contributed by atoms with Gasteiger partial charge in [-0.1, -0.05) is 5.16 Å². The van der Waals surface area contributed by atoms with Crippen LogP contribution in [0.2, 0.25) is 0 Å². The largest absolute Gasteiger partial charge is 0.376 e. The van der Waals surface area contributed by atoms with Crippen molar-refractivity contribution in [2.45, 2.75) is 26.4 Å². The fourth-order valence-electron chi connectivity index (χ4n) is 1.98. The van der Waals surface area contributed by atoms with Crippen molar-refractivity contribution >= 4 is 11.7 Å². The molecule has 0 aliphatic carbocycles. The van der Waals surface area contributed by atoms with Crippen LogP contribution in [-0.2, 0) is 9.53 Å². The minimum atomic E-state index is -0.0394. The van der Waals surface area contributed by atoms with Gasteiger partial charge in [0, 0.05) is 32.1 Å². The van der Waals surface area contributed by atoms with Gasteiger partial charge in [-0.05, 0) is 13.8 Å². The normalized spacial score (nSPS) is 20.9. The molecule has 2 rings (SSSR count). The Balaban J connectivity index is 1.71. The second kappa shape index (κ2) is 5.97. The predicted molar refractivity (Wildman–Crippen MR) is 66.3 cm³/mol. The van der Waals surface area contributed by atoms with Crippen LogP contribution in [0.1, 0.15) is 19.1 Å². The Labute approximate surface area is 106 Å². The lowest BCUT2D eigenvalue weighted by Gasteiger charge is -2.30. The van der Waals surface area contributed by atoms with Crippen LogP contribution in [0, 0.1) is 6.92 Å². The fraction of sp³-hybridized carbons (Fsp3) is 0.667. The van der Waals surface area contributed by atoms with E-state index in [1.165, 1.54) is 0 Å². The number of carbonyl (C=O) groups is 1. The average Bonchev–Trinajstić information content (AvgIpc) is 2.72. The SMILES string of the molecule is Cc1cc(NC(=O)CCN2CCOC(C)C2)no1. The van der Waals surface area contributed by atoms with Crippen LogP contribution in [0.4, 0.5) is 5.82 Å². The molecule has 1 atom stereocenters. The van der Waals surface area contributed by atoms with Gasteiger partial charge in [-0.3, -0.25) is 9.69 Å². The summed E-state index contributed by atoms with van der Waals surface area (Å²) in [4.78, 5) is 13.9. The monoisotopic (exact) mass is 253 g/mol. The molecule has 0 radical (unpaired) electrons. The van der Waals surface area contributed by atoms with Crippen molar-refractivity contribution in [3.05, 3.63) is 11.8 Å². The van der Waals surface area contributed by atoms with E-state index in [-0.39, 0.29) is 12.0 Å². The number of ether oxygens (including phenoxy) is 1. The second-order valence-electron chi connectivity index (χ2n) is 4.60. The summed E-state index contributed by atoms with van der Waals surface area (Å²) in [6.45, 7) is 7.10. The van der Waals surface area contributed by atoms with Gasteiger partial charge in [0.15, 0.2) is 5.82 Å². The number of amides is 1. The number of aromatic nitrogens is 1. The number of nitrogens with one attached hydrogen (secondary N) is 1. The summed E-state index contributed by atoms with van der Waals surface area (Å²) in [6, 6.07) is 1.70. The third kappa shape index (κ3) is 3.82. The van der Waals surface area contributed by atoms with E-state index >= 15 is 0 Å². The van der Waals surface area contributed by atoms with Crippen molar-refractivity contribution in [1.82, 2.24) is 10.1 Å². The van der Waals surface area contributed by atoms with E-state index in [1.54, 1.807) is 13.0 Å². The highest BCUT2D eigenvalue weighted by atomic mass is 16.5. The first-order valence-electron chi connectivity index (χ1n) is 6.20. The Morgan fingerprint density at radius 2 is 2.50 bits per heavy atom. The van der Waals surface area contributed by atoms with E-state index in [9.17, 15) is 4.79 Å². The van der Waals surface area contributed by atoms with Gasteiger partial charge >= 0.3 is 0 Å². The molecule has 1 N–H and O–H groups in total. The second-order valence-corrected chi connectivity index (χ2v) is 4.60. The maximum atomic E-state index is 11.7. The zero-order valence-electron chi connectivity index (χ0n) is 10.8. The quantitative estimate of drug-likeness (QED) is 0.868. The Morgan fingerprint density at radius 1 is 1.67 bits per heavy atom. The highest BCUT2D eigenvalue weighted by Gasteiger charge is 2.17. The number of hydrogen-bond acceptors (Lipinski definition) is 5. The van der Waals surface area contributed by atoms with E-state index < -0.39 is 0 Å². The van der Waals surface area contributed by atoms with Crippen LogP contribution in [0.5, 0.6) is 0 Å². The lowest BCUT2D eigenvalue weighted by Crippen LogP contribution is -2.42. The zero-order chi connectivity index (χ0) is 13.0. The van der Waals surface area contributed by atoms with Crippen LogP contribution >= 0.6 is 0 Å². The van der Waals surface area contributed by atoms with E-state index in [4.69, 9.17) is 9.26 Å². The van der Waals surface area contributed by atoms with E-state index in [1.807, 2.05) is 6.92 Å². The highest BCUT2D eigenvalue weighted by Crippen LogP contribution is 2.08. The van der Waals surface area contributed by atoms with Gasteiger partial charge in [0.2, 0.25) is 5.91 Å². The summed E-state index contributed by atoms with van der Waals surface area (Å²) in [5.41, 5.74) is 0. The molecule has 6 nitrogen and oxygen atoms in total. The number of morpholine rings is 1. The van der Waals surface area contributed by atoms with Crippen molar-refractivity contribution in [2.75, 3.05) is 31.6 Å². The average molecular weight is 253 g/mol. The summed E-state index contributed by atoms with van der Waals surface area (Å²) in [6.07, 6.45) is 0.707. The molecule has 2 heterocycles. The van der Waals surface area contributed by atoms with Crippen molar-refractivity contribution in [3.63, 3.8) is 0 Å². The minimum Gasteiger partial charge on any atom is -0.376 e. The number of hydrogen-bond donors (Lipinski definition) is 1. The number of aryl methyl sites for hydroxylation is 1. The third-order valence-corrected chi connectivity index (χ3v) is 2.88. The van der Waals surface area contributed by atoms with Crippen LogP contribution < -0.4 is 5.32 Å².